The lowest BCUT2D eigenvalue weighted by atomic mass is 10.2. The molecule has 0 atom stereocenters. The number of rotatable bonds is 6. The first kappa shape index (κ1) is 19.3. The number of methoxy groups -OCH3 is 1. The number of hydrogen-bond acceptors (Lipinski definition) is 9. The summed E-state index contributed by atoms with van der Waals surface area (Å²) in [5, 5.41) is 2.86. The Kier molecular flexibility index (Phi) is 5.99. The Bertz CT molecular complexity index is 851. The fourth-order valence-corrected chi connectivity index (χ4v) is 3.42. The molecule has 2 aromatic heterocycles. The molecule has 1 N–H and O–H groups in total. The molecule has 0 aliphatic carbocycles. The van der Waals surface area contributed by atoms with E-state index in [9.17, 15) is 4.79 Å². The minimum absolute atomic E-state index is 0.192. The van der Waals surface area contributed by atoms with Gasteiger partial charge < -0.3 is 24.6 Å². The highest BCUT2D eigenvalue weighted by atomic mass is 16.5. The lowest BCUT2D eigenvalue weighted by Gasteiger charge is -2.28. The third-order valence-corrected chi connectivity index (χ3v) is 4.96. The molecule has 4 rings (SSSR count). The van der Waals surface area contributed by atoms with Crippen LogP contribution in [0.15, 0.2) is 18.3 Å². The molecule has 0 radical (unpaired) electrons. The maximum atomic E-state index is 12.6. The number of pyridine rings is 1. The van der Waals surface area contributed by atoms with Crippen molar-refractivity contribution in [2.75, 3.05) is 56.3 Å². The molecule has 154 valence electrons. The molecule has 2 aliphatic rings. The molecule has 10 heteroatoms. The van der Waals surface area contributed by atoms with Crippen molar-refractivity contribution in [1.82, 2.24) is 25.3 Å². The standard InChI is InChI=1S/C19H25N7O3/c1-28-17-14(5-4-6-20-17)16(27)21-13-15-22-18(25-7-2-3-8-25)24-19(23-15)26-9-11-29-12-10-26/h4-6H,2-3,7-13H2,1H3,(H,21,27). The number of nitrogens with one attached hydrogen (secondary N) is 1. The summed E-state index contributed by atoms with van der Waals surface area (Å²) < 4.78 is 10.6. The van der Waals surface area contributed by atoms with E-state index in [1.165, 1.54) is 7.11 Å². The molecule has 4 heterocycles. The number of carbonyl (C=O) groups is 1. The molecular formula is C19H25N7O3. The van der Waals surface area contributed by atoms with E-state index in [0.29, 0.717) is 36.5 Å². The summed E-state index contributed by atoms with van der Waals surface area (Å²) in [5.74, 6) is 1.83. The van der Waals surface area contributed by atoms with E-state index in [4.69, 9.17) is 9.47 Å². The maximum absolute atomic E-state index is 12.6. The fourth-order valence-electron chi connectivity index (χ4n) is 3.42. The monoisotopic (exact) mass is 399 g/mol. The van der Waals surface area contributed by atoms with Crippen LogP contribution in [0.1, 0.15) is 29.0 Å². The zero-order valence-corrected chi connectivity index (χ0v) is 16.5. The van der Waals surface area contributed by atoms with E-state index in [1.54, 1.807) is 18.3 Å². The molecular weight excluding hydrogens is 374 g/mol. The SMILES string of the molecule is COc1ncccc1C(=O)NCc1nc(N2CCCC2)nc(N2CCOCC2)n1. The summed E-state index contributed by atoms with van der Waals surface area (Å²) in [6.07, 6.45) is 3.84. The van der Waals surface area contributed by atoms with E-state index in [1.807, 2.05) is 0 Å². The number of aromatic nitrogens is 4. The van der Waals surface area contributed by atoms with Crippen LogP contribution in [-0.2, 0) is 11.3 Å². The second kappa shape index (κ2) is 8.99. The van der Waals surface area contributed by atoms with Crippen molar-refractivity contribution < 1.29 is 14.3 Å². The Balaban J connectivity index is 1.53. The predicted molar refractivity (Wildman–Crippen MR) is 106 cm³/mol. The van der Waals surface area contributed by atoms with Crippen LogP contribution in [0.4, 0.5) is 11.9 Å². The average molecular weight is 399 g/mol. The molecule has 2 aliphatic heterocycles. The van der Waals surface area contributed by atoms with Crippen LogP contribution in [0.3, 0.4) is 0 Å². The molecule has 29 heavy (non-hydrogen) atoms. The largest absolute Gasteiger partial charge is 0.480 e. The van der Waals surface area contributed by atoms with Gasteiger partial charge in [-0.15, -0.1) is 0 Å². The first-order chi connectivity index (χ1) is 14.2. The summed E-state index contributed by atoms with van der Waals surface area (Å²) in [7, 11) is 1.49. The topological polar surface area (TPSA) is 106 Å². The van der Waals surface area contributed by atoms with Crippen LogP contribution in [0.25, 0.3) is 0 Å². The van der Waals surface area contributed by atoms with Gasteiger partial charge in [0.15, 0.2) is 5.82 Å². The van der Waals surface area contributed by atoms with Gasteiger partial charge in [0.2, 0.25) is 17.8 Å². The minimum atomic E-state index is -0.286. The van der Waals surface area contributed by atoms with Crippen LogP contribution in [0, 0.1) is 0 Å². The molecule has 2 aromatic rings. The Morgan fingerprint density at radius 2 is 1.79 bits per heavy atom. The number of amides is 1. The molecule has 0 unspecified atom stereocenters. The van der Waals surface area contributed by atoms with Gasteiger partial charge in [-0.2, -0.15) is 15.0 Å². The smallest absolute Gasteiger partial charge is 0.257 e. The van der Waals surface area contributed by atoms with Gasteiger partial charge in [0, 0.05) is 32.4 Å². The van der Waals surface area contributed by atoms with Crippen molar-refractivity contribution in [2.45, 2.75) is 19.4 Å². The van der Waals surface area contributed by atoms with Gasteiger partial charge >= 0.3 is 0 Å². The van der Waals surface area contributed by atoms with Crippen molar-refractivity contribution in [3.8, 4) is 5.88 Å². The Morgan fingerprint density at radius 3 is 2.48 bits per heavy atom. The minimum Gasteiger partial charge on any atom is -0.480 e. The van der Waals surface area contributed by atoms with Crippen LogP contribution in [0.5, 0.6) is 5.88 Å². The van der Waals surface area contributed by atoms with E-state index in [2.05, 4.69) is 35.1 Å². The first-order valence-corrected chi connectivity index (χ1v) is 9.84. The van der Waals surface area contributed by atoms with E-state index in [0.717, 1.165) is 39.0 Å². The van der Waals surface area contributed by atoms with E-state index < -0.39 is 0 Å². The fraction of sp³-hybridized carbons (Fsp3) is 0.526. The van der Waals surface area contributed by atoms with Crippen LogP contribution in [0.2, 0.25) is 0 Å². The molecule has 0 bridgehead atoms. The first-order valence-electron chi connectivity index (χ1n) is 9.84. The number of anilines is 2. The third-order valence-electron chi connectivity index (χ3n) is 4.96. The highest BCUT2D eigenvalue weighted by Gasteiger charge is 2.21. The van der Waals surface area contributed by atoms with Gasteiger partial charge in [0.1, 0.15) is 5.56 Å². The maximum Gasteiger partial charge on any atom is 0.257 e. The van der Waals surface area contributed by atoms with Crippen molar-refractivity contribution >= 4 is 17.8 Å². The molecule has 0 spiro atoms. The number of hydrogen-bond donors (Lipinski definition) is 1. The lowest BCUT2D eigenvalue weighted by molar-refractivity contribution is 0.0946. The molecule has 10 nitrogen and oxygen atoms in total. The summed E-state index contributed by atoms with van der Waals surface area (Å²) in [6.45, 7) is 4.84. The van der Waals surface area contributed by atoms with E-state index in [-0.39, 0.29) is 18.3 Å². The Labute approximate surface area is 169 Å². The van der Waals surface area contributed by atoms with Crippen molar-refractivity contribution in [1.29, 1.82) is 0 Å². The normalized spacial score (nSPS) is 16.7. The molecule has 0 saturated carbocycles. The highest BCUT2D eigenvalue weighted by molar-refractivity contribution is 5.96. The van der Waals surface area contributed by atoms with Crippen molar-refractivity contribution in [2.24, 2.45) is 0 Å². The lowest BCUT2D eigenvalue weighted by Crippen LogP contribution is -2.38. The van der Waals surface area contributed by atoms with Gasteiger partial charge in [-0.25, -0.2) is 4.98 Å². The second-order valence-corrected chi connectivity index (χ2v) is 6.89. The summed E-state index contributed by atoms with van der Waals surface area (Å²) in [6, 6.07) is 3.37. The van der Waals surface area contributed by atoms with Gasteiger partial charge in [-0.1, -0.05) is 0 Å². The van der Waals surface area contributed by atoms with Gasteiger partial charge in [0.05, 0.1) is 26.9 Å². The van der Waals surface area contributed by atoms with Gasteiger partial charge in [-0.05, 0) is 25.0 Å². The number of morpholine rings is 1. The Hall–Kier alpha value is -3.01. The molecule has 0 aromatic carbocycles. The van der Waals surface area contributed by atoms with Crippen molar-refractivity contribution in [3.05, 3.63) is 29.7 Å². The molecule has 1 amide bonds. The zero-order chi connectivity index (χ0) is 20.1. The van der Waals surface area contributed by atoms with Crippen LogP contribution < -0.4 is 19.9 Å². The van der Waals surface area contributed by atoms with Gasteiger partial charge in [0.25, 0.3) is 5.91 Å². The quantitative estimate of drug-likeness (QED) is 0.749. The number of ether oxygens (including phenoxy) is 2. The predicted octanol–water partition coefficient (Wildman–Crippen LogP) is 0.642. The molecule has 2 fully saturated rings. The number of nitrogens with zero attached hydrogens (tertiary/aromatic N) is 6. The van der Waals surface area contributed by atoms with Gasteiger partial charge in [-0.3, -0.25) is 4.79 Å². The summed E-state index contributed by atoms with van der Waals surface area (Å²) >= 11 is 0. The zero-order valence-electron chi connectivity index (χ0n) is 16.5. The highest BCUT2D eigenvalue weighted by Crippen LogP contribution is 2.20. The average Bonchev–Trinajstić information content (AvgIpc) is 3.33. The molecule has 2 saturated heterocycles. The Morgan fingerprint density at radius 1 is 1.10 bits per heavy atom. The summed E-state index contributed by atoms with van der Waals surface area (Å²) in [5.41, 5.74) is 0.372. The van der Waals surface area contributed by atoms with Crippen LogP contribution in [-0.4, -0.2) is 72.3 Å². The van der Waals surface area contributed by atoms with Crippen LogP contribution >= 0.6 is 0 Å². The second-order valence-electron chi connectivity index (χ2n) is 6.89. The van der Waals surface area contributed by atoms with Crippen molar-refractivity contribution in [3.63, 3.8) is 0 Å². The number of carbonyl (C=O) groups excluding carboxylic acids is 1. The third kappa shape index (κ3) is 4.53. The summed E-state index contributed by atoms with van der Waals surface area (Å²) in [4.78, 5) is 34.8. The van der Waals surface area contributed by atoms with E-state index >= 15 is 0 Å².